The van der Waals surface area contributed by atoms with Gasteiger partial charge in [0, 0.05) is 13.1 Å². The average molecular weight is 266 g/mol. The van der Waals surface area contributed by atoms with Gasteiger partial charge in [0.05, 0.1) is 17.4 Å². The van der Waals surface area contributed by atoms with Crippen molar-refractivity contribution >= 4 is 0 Å². The molecule has 0 aromatic carbocycles. The second-order valence-electron chi connectivity index (χ2n) is 5.01. The van der Waals surface area contributed by atoms with E-state index in [1.54, 1.807) is 10.9 Å². The summed E-state index contributed by atoms with van der Waals surface area (Å²) in [5.74, 6) is 0. The molecule has 0 aliphatic carbocycles. The zero-order valence-electron chi connectivity index (χ0n) is 10.5. The van der Waals surface area contributed by atoms with Gasteiger partial charge in [-0.15, -0.1) is 5.10 Å². The second-order valence-corrected chi connectivity index (χ2v) is 5.01. The molecule has 0 spiro atoms. The monoisotopic (exact) mass is 266 g/mol. The number of aromatic nitrogens is 3. The van der Waals surface area contributed by atoms with E-state index >= 15 is 0 Å². The van der Waals surface area contributed by atoms with E-state index in [1.807, 2.05) is 20.8 Å². The van der Waals surface area contributed by atoms with Crippen molar-refractivity contribution in [2.75, 3.05) is 6.54 Å². The van der Waals surface area contributed by atoms with E-state index in [-0.39, 0.29) is 12.1 Å². The molecule has 0 fully saturated rings. The third-order valence-corrected chi connectivity index (χ3v) is 2.25. The highest BCUT2D eigenvalue weighted by atomic mass is 19.4. The van der Waals surface area contributed by atoms with Gasteiger partial charge in [0.2, 0.25) is 0 Å². The molecule has 0 saturated heterocycles. The molecule has 1 heterocycles. The normalized spacial score (nSPS) is 14.8. The van der Waals surface area contributed by atoms with Crippen LogP contribution in [0.15, 0.2) is 6.20 Å². The fraction of sp³-hybridized carbons (Fsp3) is 0.800. The maximum Gasteiger partial charge on any atom is 0.415 e. The molecule has 0 aliphatic rings. The van der Waals surface area contributed by atoms with Crippen LogP contribution in [0.5, 0.6) is 0 Å². The molecule has 0 radical (unpaired) electrons. The number of aliphatic hydroxyl groups is 1. The first-order valence-corrected chi connectivity index (χ1v) is 5.48. The molecule has 1 aromatic heterocycles. The lowest BCUT2D eigenvalue weighted by Gasteiger charge is -2.17. The minimum Gasteiger partial charge on any atom is -0.382 e. The Labute approximate surface area is 103 Å². The molecule has 104 valence electrons. The molecule has 1 rings (SSSR count). The van der Waals surface area contributed by atoms with Crippen molar-refractivity contribution < 1.29 is 18.3 Å². The van der Waals surface area contributed by atoms with Gasteiger partial charge in [-0.1, -0.05) is 5.21 Å². The number of halogens is 3. The smallest absolute Gasteiger partial charge is 0.382 e. The third kappa shape index (κ3) is 4.26. The zero-order chi connectivity index (χ0) is 14.0. The average Bonchev–Trinajstić information content (AvgIpc) is 2.64. The summed E-state index contributed by atoms with van der Waals surface area (Å²) in [5, 5.41) is 19.0. The van der Waals surface area contributed by atoms with Crippen molar-refractivity contribution in [1.82, 2.24) is 20.3 Å². The number of nitrogens with one attached hydrogen (secondary N) is 1. The molecule has 1 unspecified atom stereocenters. The summed E-state index contributed by atoms with van der Waals surface area (Å²) in [6, 6.07) is 0. The topological polar surface area (TPSA) is 63.0 Å². The summed E-state index contributed by atoms with van der Waals surface area (Å²) in [6.07, 6.45) is -5.31. The first-order valence-electron chi connectivity index (χ1n) is 5.48. The first-order chi connectivity index (χ1) is 8.10. The number of aliphatic hydroxyl groups excluding tert-OH is 1. The van der Waals surface area contributed by atoms with Gasteiger partial charge in [-0.3, -0.25) is 0 Å². The van der Waals surface area contributed by atoms with E-state index in [4.69, 9.17) is 5.11 Å². The van der Waals surface area contributed by atoms with E-state index in [0.717, 1.165) is 0 Å². The Morgan fingerprint density at radius 1 is 1.39 bits per heavy atom. The van der Waals surface area contributed by atoms with Gasteiger partial charge < -0.3 is 10.4 Å². The summed E-state index contributed by atoms with van der Waals surface area (Å²) >= 11 is 0. The lowest BCUT2D eigenvalue weighted by Crippen LogP contribution is -2.38. The van der Waals surface area contributed by atoms with Gasteiger partial charge in [0.25, 0.3) is 0 Å². The van der Waals surface area contributed by atoms with E-state index in [0.29, 0.717) is 5.69 Å². The van der Waals surface area contributed by atoms with Gasteiger partial charge in [-0.25, -0.2) is 4.68 Å². The lowest BCUT2D eigenvalue weighted by atomic mass is 10.1. The van der Waals surface area contributed by atoms with Crippen molar-refractivity contribution in [1.29, 1.82) is 0 Å². The molecule has 2 N–H and O–H groups in total. The molecule has 1 atom stereocenters. The van der Waals surface area contributed by atoms with Crippen molar-refractivity contribution in [3.05, 3.63) is 11.9 Å². The van der Waals surface area contributed by atoms with Crippen molar-refractivity contribution in [3.8, 4) is 0 Å². The molecule has 0 saturated carbocycles. The zero-order valence-corrected chi connectivity index (χ0v) is 10.5. The highest BCUT2D eigenvalue weighted by molar-refractivity contribution is 4.94. The largest absolute Gasteiger partial charge is 0.415 e. The minimum atomic E-state index is -4.60. The van der Waals surface area contributed by atoms with Crippen molar-refractivity contribution in [2.24, 2.45) is 0 Å². The van der Waals surface area contributed by atoms with Crippen LogP contribution in [-0.2, 0) is 12.1 Å². The Bertz CT molecular complexity index is 383. The molecule has 5 nitrogen and oxygen atoms in total. The number of hydrogen-bond donors (Lipinski definition) is 2. The molecule has 0 bridgehead atoms. The summed E-state index contributed by atoms with van der Waals surface area (Å²) in [5.41, 5.74) is 0.302. The molecule has 0 aliphatic heterocycles. The van der Waals surface area contributed by atoms with Gasteiger partial charge in [-0.05, 0) is 20.8 Å². The van der Waals surface area contributed by atoms with Crippen LogP contribution >= 0.6 is 0 Å². The summed E-state index contributed by atoms with van der Waals surface area (Å²) in [4.78, 5) is 0. The maximum atomic E-state index is 12.0. The third-order valence-electron chi connectivity index (χ3n) is 2.25. The maximum absolute atomic E-state index is 12.0. The highest BCUT2D eigenvalue weighted by Gasteiger charge is 2.37. The molecule has 0 amide bonds. The minimum absolute atomic E-state index is 0.128. The van der Waals surface area contributed by atoms with Crippen LogP contribution in [0.1, 0.15) is 26.5 Å². The Kier molecular flexibility index (Phi) is 4.33. The van der Waals surface area contributed by atoms with Crippen LogP contribution in [0.2, 0.25) is 0 Å². The van der Waals surface area contributed by atoms with Crippen LogP contribution in [0.25, 0.3) is 0 Å². The van der Waals surface area contributed by atoms with Crippen LogP contribution in [-0.4, -0.2) is 38.9 Å². The van der Waals surface area contributed by atoms with E-state index in [1.165, 1.54) is 0 Å². The van der Waals surface area contributed by atoms with Gasteiger partial charge in [-0.2, -0.15) is 13.2 Å². The summed E-state index contributed by atoms with van der Waals surface area (Å²) in [6.45, 7) is 5.37. The number of nitrogens with zero attached hydrogens (tertiary/aromatic N) is 3. The SMILES string of the molecule is CC(C)(C)n1cc(CNCC(O)C(F)(F)F)nn1. The number of hydrogen-bond acceptors (Lipinski definition) is 4. The first kappa shape index (κ1) is 14.9. The van der Waals surface area contributed by atoms with Gasteiger partial charge >= 0.3 is 6.18 Å². The van der Waals surface area contributed by atoms with Crippen LogP contribution in [0.3, 0.4) is 0 Å². The van der Waals surface area contributed by atoms with Crippen molar-refractivity contribution in [2.45, 2.75) is 45.1 Å². The summed E-state index contributed by atoms with van der Waals surface area (Å²) in [7, 11) is 0. The quantitative estimate of drug-likeness (QED) is 0.855. The molecule has 8 heteroatoms. The fourth-order valence-electron chi connectivity index (χ4n) is 1.16. The highest BCUT2D eigenvalue weighted by Crippen LogP contribution is 2.19. The Hall–Kier alpha value is -1.15. The van der Waals surface area contributed by atoms with Gasteiger partial charge in [0.1, 0.15) is 0 Å². The summed E-state index contributed by atoms with van der Waals surface area (Å²) < 4.78 is 37.7. The Morgan fingerprint density at radius 2 is 2.00 bits per heavy atom. The lowest BCUT2D eigenvalue weighted by molar-refractivity contribution is -0.201. The second kappa shape index (κ2) is 5.23. The predicted molar refractivity (Wildman–Crippen MR) is 58.8 cm³/mol. The van der Waals surface area contributed by atoms with E-state index in [9.17, 15) is 13.2 Å². The number of alkyl halides is 3. The Balaban J connectivity index is 2.43. The fourth-order valence-corrected chi connectivity index (χ4v) is 1.16. The van der Waals surface area contributed by atoms with E-state index < -0.39 is 18.8 Å². The van der Waals surface area contributed by atoms with Crippen LogP contribution < -0.4 is 5.32 Å². The van der Waals surface area contributed by atoms with Gasteiger partial charge in [0.15, 0.2) is 6.10 Å². The number of rotatable bonds is 4. The molecule has 18 heavy (non-hydrogen) atoms. The van der Waals surface area contributed by atoms with E-state index in [2.05, 4.69) is 15.6 Å². The molecular weight excluding hydrogens is 249 g/mol. The Morgan fingerprint density at radius 3 is 2.44 bits per heavy atom. The predicted octanol–water partition coefficient (Wildman–Crippen LogP) is 1.05. The molecule has 1 aromatic rings. The molecular formula is C10H17F3N4O. The standard InChI is InChI=1S/C10H17F3N4O/c1-9(2,3)17-6-7(15-16-17)4-14-5-8(18)10(11,12)13/h6,8,14,18H,4-5H2,1-3H3. The van der Waals surface area contributed by atoms with Crippen LogP contribution in [0.4, 0.5) is 13.2 Å². The van der Waals surface area contributed by atoms with Crippen molar-refractivity contribution in [3.63, 3.8) is 0 Å². The van der Waals surface area contributed by atoms with Crippen LogP contribution in [0, 0.1) is 0 Å².